The van der Waals surface area contributed by atoms with Crippen LogP contribution < -0.4 is 10.5 Å². The van der Waals surface area contributed by atoms with E-state index >= 15 is 0 Å². The van der Waals surface area contributed by atoms with E-state index in [4.69, 9.17) is 27.5 Å². The molecule has 0 atom stereocenters. The molecule has 0 fully saturated rings. The Kier molecular flexibility index (Phi) is 5.33. The average molecular weight is 300 g/mol. The van der Waals surface area contributed by atoms with Gasteiger partial charge in [0.05, 0.1) is 17.4 Å². The zero-order valence-electron chi connectivity index (χ0n) is 11.5. The Hall–Kier alpha value is -1.82. The van der Waals surface area contributed by atoms with Gasteiger partial charge in [-0.25, -0.2) is 0 Å². The summed E-state index contributed by atoms with van der Waals surface area (Å²) in [6.45, 7) is 4.24. The molecule has 7 heteroatoms. The largest absolute Gasteiger partial charge is 0.494 e. The highest BCUT2D eigenvalue weighted by molar-refractivity contribution is 6.32. The van der Waals surface area contributed by atoms with Crippen LogP contribution >= 0.6 is 11.6 Å². The third-order valence-electron chi connectivity index (χ3n) is 3.06. The van der Waals surface area contributed by atoms with Crippen molar-refractivity contribution in [3.8, 4) is 5.75 Å². The normalized spacial score (nSPS) is 11.2. The second-order valence-corrected chi connectivity index (χ2v) is 5.53. The lowest BCUT2D eigenvalue weighted by atomic mass is 9.87. The monoisotopic (exact) mass is 299 g/mol. The van der Waals surface area contributed by atoms with E-state index in [-0.39, 0.29) is 22.0 Å². The minimum absolute atomic E-state index is 0.0524. The number of rotatable bonds is 7. The topological polar surface area (TPSA) is 102 Å². The van der Waals surface area contributed by atoms with E-state index in [0.29, 0.717) is 12.4 Å². The van der Waals surface area contributed by atoms with Crippen molar-refractivity contribution in [2.45, 2.75) is 26.7 Å². The second kappa shape index (κ2) is 6.56. The molecule has 0 unspecified atom stereocenters. The Morgan fingerprint density at radius 1 is 1.55 bits per heavy atom. The standard InChI is InChI=1S/C13H18ClN3O3/c1-13(2,12(15)16)6-3-7-20-9-4-5-11(17(18)19)10(14)8-9/h4-5,8H,3,6-7H2,1-2H3,(H3,15,16). The third-order valence-corrected chi connectivity index (χ3v) is 3.36. The molecule has 6 nitrogen and oxygen atoms in total. The molecule has 1 aromatic carbocycles. The molecule has 0 aromatic heterocycles. The molecule has 0 aliphatic rings. The number of halogens is 1. The van der Waals surface area contributed by atoms with E-state index in [1.165, 1.54) is 18.2 Å². The molecular weight excluding hydrogens is 282 g/mol. The molecule has 1 aromatic rings. The van der Waals surface area contributed by atoms with Crippen LogP contribution in [0, 0.1) is 20.9 Å². The van der Waals surface area contributed by atoms with Gasteiger partial charge in [-0.3, -0.25) is 15.5 Å². The first-order valence-electron chi connectivity index (χ1n) is 6.15. The number of nitro benzene ring substituents is 1. The van der Waals surface area contributed by atoms with Crippen molar-refractivity contribution < 1.29 is 9.66 Å². The quantitative estimate of drug-likeness (QED) is 0.265. The summed E-state index contributed by atoms with van der Waals surface area (Å²) in [6.07, 6.45) is 1.45. The fourth-order valence-corrected chi connectivity index (χ4v) is 1.80. The maximum Gasteiger partial charge on any atom is 0.288 e. The van der Waals surface area contributed by atoms with Crippen LogP contribution in [0.3, 0.4) is 0 Å². The van der Waals surface area contributed by atoms with E-state index in [2.05, 4.69) is 0 Å². The maximum absolute atomic E-state index is 10.6. The van der Waals surface area contributed by atoms with Gasteiger partial charge in [-0.2, -0.15) is 0 Å². The van der Waals surface area contributed by atoms with Crippen LogP contribution in [0.4, 0.5) is 5.69 Å². The van der Waals surface area contributed by atoms with Crippen molar-refractivity contribution in [2.75, 3.05) is 6.61 Å². The molecule has 3 N–H and O–H groups in total. The van der Waals surface area contributed by atoms with Gasteiger partial charge < -0.3 is 10.5 Å². The highest BCUT2D eigenvalue weighted by Crippen LogP contribution is 2.28. The lowest BCUT2D eigenvalue weighted by Crippen LogP contribution is -2.31. The average Bonchev–Trinajstić information content (AvgIpc) is 2.34. The van der Waals surface area contributed by atoms with Crippen LogP contribution in [0.15, 0.2) is 18.2 Å². The lowest BCUT2D eigenvalue weighted by Gasteiger charge is -2.22. The van der Waals surface area contributed by atoms with E-state index < -0.39 is 4.92 Å². The van der Waals surface area contributed by atoms with Gasteiger partial charge in [0.1, 0.15) is 10.8 Å². The first-order valence-corrected chi connectivity index (χ1v) is 6.53. The SMILES string of the molecule is CC(C)(CCCOc1ccc([N+](=O)[O-])c(Cl)c1)C(=N)N. The van der Waals surface area contributed by atoms with E-state index in [1.54, 1.807) is 0 Å². The van der Waals surface area contributed by atoms with Gasteiger partial charge in [-0.15, -0.1) is 0 Å². The van der Waals surface area contributed by atoms with E-state index in [0.717, 1.165) is 12.8 Å². The fourth-order valence-electron chi connectivity index (χ4n) is 1.56. The van der Waals surface area contributed by atoms with Crippen LogP contribution in [0.25, 0.3) is 0 Å². The number of amidine groups is 1. The van der Waals surface area contributed by atoms with Crippen molar-refractivity contribution in [2.24, 2.45) is 11.1 Å². The van der Waals surface area contributed by atoms with E-state index in [1.807, 2.05) is 13.8 Å². The summed E-state index contributed by atoms with van der Waals surface area (Å²) in [5.74, 6) is 0.636. The highest BCUT2D eigenvalue weighted by Gasteiger charge is 2.20. The number of hydrogen-bond donors (Lipinski definition) is 2. The lowest BCUT2D eigenvalue weighted by molar-refractivity contribution is -0.384. The maximum atomic E-state index is 10.6. The van der Waals surface area contributed by atoms with Crippen molar-refractivity contribution >= 4 is 23.1 Å². The fraction of sp³-hybridized carbons (Fsp3) is 0.462. The Balaban J connectivity index is 2.49. The molecule has 0 aliphatic carbocycles. The summed E-state index contributed by atoms with van der Waals surface area (Å²) in [4.78, 5) is 10.1. The molecule has 0 aliphatic heterocycles. The van der Waals surface area contributed by atoms with Crippen LogP contribution in [0.1, 0.15) is 26.7 Å². The molecule has 0 bridgehead atoms. The molecule has 0 saturated heterocycles. The summed E-state index contributed by atoms with van der Waals surface area (Å²) in [7, 11) is 0. The van der Waals surface area contributed by atoms with Gasteiger partial charge in [0.15, 0.2) is 0 Å². The molecule has 0 radical (unpaired) electrons. The molecule has 0 spiro atoms. The molecule has 0 heterocycles. The summed E-state index contributed by atoms with van der Waals surface area (Å²) >= 11 is 5.79. The zero-order chi connectivity index (χ0) is 15.3. The number of nitrogens with zero attached hydrogens (tertiary/aromatic N) is 1. The van der Waals surface area contributed by atoms with Crippen molar-refractivity contribution in [1.29, 1.82) is 5.41 Å². The van der Waals surface area contributed by atoms with Gasteiger partial charge in [-0.1, -0.05) is 25.4 Å². The van der Waals surface area contributed by atoms with Gasteiger partial charge in [0.2, 0.25) is 0 Å². The zero-order valence-corrected chi connectivity index (χ0v) is 12.2. The molecular formula is C13H18ClN3O3. The Bertz CT molecular complexity index is 518. The molecule has 20 heavy (non-hydrogen) atoms. The summed E-state index contributed by atoms with van der Waals surface area (Å²) in [6, 6.07) is 4.26. The van der Waals surface area contributed by atoms with Crippen LogP contribution in [-0.2, 0) is 0 Å². The van der Waals surface area contributed by atoms with Crippen molar-refractivity contribution in [3.63, 3.8) is 0 Å². The van der Waals surface area contributed by atoms with Crippen LogP contribution in [-0.4, -0.2) is 17.4 Å². The third kappa shape index (κ3) is 4.38. The van der Waals surface area contributed by atoms with Gasteiger partial charge >= 0.3 is 0 Å². The Morgan fingerprint density at radius 2 is 2.20 bits per heavy atom. The number of ether oxygens (including phenoxy) is 1. The first kappa shape index (κ1) is 16.2. The first-order chi connectivity index (χ1) is 9.24. The van der Waals surface area contributed by atoms with Gasteiger partial charge in [0.25, 0.3) is 5.69 Å². The molecule has 110 valence electrons. The number of hydrogen-bond acceptors (Lipinski definition) is 4. The van der Waals surface area contributed by atoms with Crippen molar-refractivity contribution in [1.82, 2.24) is 0 Å². The predicted octanol–water partition coefficient (Wildman–Crippen LogP) is 3.37. The summed E-state index contributed by atoms with van der Waals surface area (Å²) < 4.78 is 5.48. The minimum atomic E-state index is -0.540. The Labute approximate surface area is 122 Å². The molecule has 0 saturated carbocycles. The number of benzene rings is 1. The minimum Gasteiger partial charge on any atom is -0.494 e. The number of nitrogens with two attached hydrogens (primary N) is 1. The molecule has 0 amide bonds. The van der Waals surface area contributed by atoms with E-state index in [9.17, 15) is 10.1 Å². The van der Waals surface area contributed by atoms with Crippen molar-refractivity contribution in [3.05, 3.63) is 33.3 Å². The summed E-state index contributed by atoms with van der Waals surface area (Å²) in [5, 5.41) is 18.1. The highest BCUT2D eigenvalue weighted by atomic mass is 35.5. The van der Waals surface area contributed by atoms with Gasteiger partial charge in [0, 0.05) is 17.5 Å². The molecule has 1 rings (SSSR count). The van der Waals surface area contributed by atoms with Crippen LogP contribution in [0.5, 0.6) is 5.75 Å². The van der Waals surface area contributed by atoms with Crippen LogP contribution in [0.2, 0.25) is 5.02 Å². The summed E-state index contributed by atoms with van der Waals surface area (Å²) in [5.41, 5.74) is 5.00. The smallest absolute Gasteiger partial charge is 0.288 e. The van der Waals surface area contributed by atoms with Gasteiger partial charge in [-0.05, 0) is 18.9 Å². The predicted molar refractivity (Wildman–Crippen MR) is 78.5 cm³/mol. The number of nitrogens with one attached hydrogen (secondary N) is 1. The second-order valence-electron chi connectivity index (χ2n) is 5.12. The number of nitro groups is 1. The Morgan fingerprint density at radius 3 is 2.70 bits per heavy atom.